The van der Waals surface area contributed by atoms with Gasteiger partial charge in [-0.25, -0.2) is 10.1 Å². The molecule has 0 aromatic carbocycles. The predicted octanol–water partition coefficient (Wildman–Crippen LogP) is 0.449. The molecule has 0 saturated carbocycles. The van der Waals surface area contributed by atoms with E-state index in [9.17, 15) is 4.79 Å². The Morgan fingerprint density at radius 2 is 2.25 bits per heavy atom. The molecule has 0 spiro atoms. The number of carbonyl (C=O) groups is 1. The van der Waals surface area contributed by atoms with Crippen LogP contribution in [0.4, 0.5) is 4.79 Å². The van der Waals surface area contributed by atoms with Gasteiger partial charge in [0.15, 0.2) is 0 Å². The van der Waals surface area contributed by atoms with Gasteiger partial charge in [0.05, 0.1) is 0 Å². The molecule has 0 aliphatic heterocycles. The first-order chi connectivity index (χ1) is 5.81. The van der Waals surface area contributed by atoms with Crippen LogP contribution in [0.1, 0.15) is 26.2 Å². The lowest BCUT2D eigenvalue weighted by atomic mass is 10.3. The van der Waals surface area contributed by atoms with Crippen LogP contribution < -0.4 is 16.4 Å². The molecular formula is C8H18N3O. The van der Waals surface area contributed by atoms with Gasteiger partial charge in [0.1, 0.15) is 0 Å². The van der Waals surface area contributed by atoms with Crippen LogP contribution in [0.3, 0.4) is 0 Å². The summed E-state index contributed by atoms with van der Waals surface area (Å²) in [6.07, 6.45) is 2.86. The number of nitrogens with one attached hydrogen (secondary N) is 1. The van der Waals surface area contributed by atoms with E-state index in [2.05, 4.69) is 17.6 Å². The van der Waals surface area contributed by atoms with Gasteiger partial charge in [-0.3, -0.25) is 0 Å². The highest BCUT2D eigenvalue weighted by Gasteiger charge is 1.98. The number of nitrogens with two attached hydrogens (primary N) is 1. The molecule has 3 N–H and O–H groups in total. The van der Waals surface area contributed by atoms with Gasteiger partial charge in [0, 0.05) is 13.1 Å². The molecule has 1 radical (unpaired) electrons. The summed E-state index contributed by atoms with van der Waals surface area (Å²) in [6, 6.07) is -0.211. The molecule has 0 atom stereocenters. The third kappa shape index (κ3) is 7.34. The predicted molar refractivity (Wildman–Crippen MR) is 49.0 cm³/mol. The fraction of sp³-hybridized carbons (Fsp3) is 0.875. The van der Waals surface area contributed by atoms with E-state index in [1.807, 2.05) is 0 Å². The molecule has 0 bridgehead atoms. The molecular weight excluding hydrogens is 154 g/mol. The van der Waals surface area contributed by atoms with E-state index in [1.54, 1.807) is 0 Å². The number of amides is 2. The summed E-state index contributed by atoms with van der Waals surface area (Å²) in [5.41, 5.74) is 5.25. The summed E-state index contributed by atoms with van der Waals surface area (Å²) < 4.78 is 0. The first-order valence-electron chi connectivity index (χ1n) is 4.46. The zero-order valence-corrected chi connectivity index (χ0v) is 7.68. The topological polar surface area (TPSA) is 69.2 Å². The summed E-state index contributed by atoms with van der Waals surface area (Å²) in [7, 11) is 0. The third-order valence-corrected chi connectivity index (χ3v) is 1.42. The van der Waals surface area contributed by atoms with E-state index in [1.165, 1.54) is 0 Å². The fourth-order valence-electron chi connectivity index (χ4n) is 0.692. The minimum Gasteiger partial charge on any atom is -0.336 e. The SMILES string of the molecule is CCCC[N]C(=O)NCCCN. The number of rotatable bonds is 6. The average molecular weight is 172 g/mol. The van der Waals surface area contributed by atoms with Crippen molar-refractivity contribution in [2.24, 2.45) is 5.73 Å². The minimum atomic E-state index is -0.211. The standard InChI is InChI=1S/C8H18N3O/c1-2-3-6-10-8(12)11-7-4-5-9/h2-7,9H2,1H3,(H,11,12). The van der Waals surface area contributed by atoms with Crippen molar-refractivity contribution in [1.29, 1.82) is 0 Å². The first kappa shape index (κ1) is 11.2. The van der Waals surface area contributed by atoms with Crippen molar-refractivity contribution in [3.8, 4) is 0 Å². The van der Waals surface area contributed by atoms with Crippen LogP contribution in [0.15, 0.2) is 0 Å². The average Bonchev–Trinajstić information content (AvgIpc) is 2.06. The Hall–Kier alpha value is -0.770. The maximum absolute atomic E-state index is 10.9. The second-order valence-corrected chi connectivity index (χ2v) is 2.61. The summed E-state index contributed by atoms with van der Waals surface area (Å²) in [6.45, 7) is 3.94. The number of unbranched alkanes of at least 4 members (excludes halogenated alkanes) is 1. The molecule has 0 fully saturated rings. The molecule has 0 aromatic heterocycles. The summed E-state index contributed by atoms with van der Waals surface area (Å²) >= 11 is 0. The third-order valence-electron chi connectivity index (χ3n) is 1.42. The first-order valence-corrected chi connectivity index (χ1v) is 4.46. The zero-order chi connectivity index (χ0) is 9.23. The lowest BCUT2D eigenvalue weighted by Crippen LogP contribution is -2.32. The van der Waals surface area contributed by atoms with Crippen LogP contribution >= 0.6 is 0 Å². The maximum atomic E-state index is 10.9. The quantitative estimate of drug-likeness (QED) is 0.571. The Bertz CT molecular complexity index is 105. The van der Waals surface area contributed by atoms with Crippen molar-refractivity contribution in [3.63, 3.8) is 0 Å². The smallest absolute Gasteiger partial charge is 0.336 e. The molecule has 0 aliphatic rings. The van der Waals surface area contributed by atoms with Crippen LogP contribution in [0.25, 0.3) is 0 Å². The molecule has 4 heteroatoms. The van der Waals surface area contributed by atoms with Crippen molar-refractivity contribution in [1.82, 2.24) is 10.6 Å². The Morgan fingerprint density at radius 3 is 2.83 bits per heavy atom. The molecule has 0 heterocycles. The van der Waals surface area contributed by atoms with E-state index in [-0.39, 0.29) is 6.03 Å². The van der Waals surface area contributed by atoms with Crippen LogP contribution in [0.2, 0.25) is 0 Å². The van der Waals surface area contributed by atoms with Crippen molar-refractivity contribution in [3.05, 3.63) is 0 Å². The van der Waals surface area contributed by atoms with E-state index >= 15 is 0 Å². The van der Waals surface area contributed by atoms with Gasteiger partial charge in [-0.2, -0.15) is 0 Å². The Morgan fingerprint density at radius 1 is 1.50 bits per heavy atom. The Balaban J connectivity index is 3.10. The van der Waals surface area contributed by atoms with Gasteiger partial charge >= 0.3 is 6.03 Å². The Labute approximate surface area is 73.9 Å². The second kappa shape index (κ2) is 8.33. The normalized spacial score (nSPS) is 9.50. The monoisotopic (exact) mass is 172 g/mol. The molecule has 0 rings (SSSR count). The molecule has 0 saturated heterocycles. The van der Waals surface area contributed by atoms with Crippen LogP contribution in [-0.2, 0) is 0 Å². The number of hydrogen-bond acceptors (Lipinski definition) is 2. The summed E-state index contributed by atoms with van der Waals surface area (Å²) in [5, 5.41) is 6.45. The molecule has 0 aliphatic carbocycles. The second-order valence-electron chi connectivity index (χ2n) is 2.61. The molecule has 12 heavy (non-hydrogen) atoms. The van der Waals surface area contributed by atoms with E-state index in [0.717, 1.165) is 19.3 Å². The van der Waals surface area contributed by atoms with Crippen molar-refractivity contribution < 1.29 is 4.79 Å². The number of carbonyl (C=O) groups excluding carboxylic acids is 1. The van der Waals surface area contributed by atoms with Gasteiger partial charge in [-0.15, -0.1) is 0 Å². The highest BCUT2D eigenvalue weighted by molar-refractivity contribution is 5.73. The van der Waals surface area contributed by atoms with Crippen molar-refractivity contribution in [2.45, 2.75) is 26.2 Å². The van der Waals surface area contributed by atoms with Crippen molar-refractivity contribution in [2.75, 3.05) is 19.6 Å². The highest BCUT2D eigenvalue weighted by atomic mass is 16.2. The van der Waals surface area contributed by atoms with Crippen LogP contribution in [0, 0.1) is 0 Å². The minimum absolute atomic E-state index is 0.211. The van der Waals surface area contributed by atoms with Gasteiger partial charge in [0.25, 0.3) is 0 Å². The molecule has 71 valence electrons. The van der Waals surface area contributed by atoms with Gasteiger partial charge < -0.3 is 11.1 Å². The largest absolute Gasteiger partial charge is 0.336 e. The summed E-state index contributed by atoms with van der Waals surface area (Å²) in [4.78, 5) is 10.9. The van der Waals surface area contributed by atoms with Gasteiger partial charge in [-0.05, 0) is 19.4 Å². The lowest BCUT2D eigenvalue weighted by molar-refractivity contribution is 0.240. The zero-order valence-electron chi connectivity index (χ0n) is 7.68. The van der Waals surface area contributed by atoms with Crippen LogP contribution in [-0.4, -0.2) is 25.7 Å². The van der Waals surface area contributed by atoms with Crippen molar-refractivity contribution >= 4 is 6.03 Å². The number of urea groups is 1. The molecule has 4 nitrogen and oxygen atoms in total. The van der Waals surface area contributed by atoms with Gasteiger partial charge in [0.2, 0.25) is 0 Å². The summed E-state index contributed by atoms with van der Waals surface area (Å²) in [5.74, 6) is 0. The molecule has 0 aromatic rings. The number of hydrogen-bond donors (Lipinski definition) is 2. The molecule has 2 amide bonds. The number of nitrogens with zero attached hydrogens (tertiary/aromatic N) is 1. The van der Waals surface area contributed by atoms with Gasteiger partial charge in [-0.1, -0.05) is 13.3 Å². The fourth-order valence-corrected chi connectivity index (χ4v) is 0.692. The Kier molecular flexibility index (Phi) is 7.79. The maximum Gasteiger partial charge on any atom is 0.336 e. The van der Waals surface area contributed by atoms with Crippen LogP contribution in [0.5, 0.6) is 0 Å². The lowest BCUT2D eigenvalue weighted by Gasteiger charge is -2.02. The van der Waals surface area contributed by atoms with E-state index in [0.29, 0.717) is 19.6 Å². The van der Waals surface area contributed by atoms with E-state index < -0.39 is 0 Å². The highest BCUT2D eigenvalue weighted by Crippen LogP contribution is 1.83. The molecule has 0 unspecified atom stereocenters. The van der Waals surface area contributed by atoms with E-state index in [4.69, 9.17) is 5.73 Å².